The molecule has 0 N–H and O–H groups in total. The van der Waals surface area contributed by atoms with Gasteiger partial charge in [-0.3, -0.25) is 9.69 Å². The molecule has 28 heavy (non-hydrogen) atoms. The molecule has 0 bridgehead atoms. The average Bonchev–Trinajstić information content (AvgIpc) is 3.19. The summed E-state index contributed by atoms with van der Waals surface area (Å²) in [4.78, 5) is 19.7. The lowest BCUT2D eigenvalue weighted by Gasteiger charge is -2.20. The van der Waals surface area contributed by atoms with E-state index in [4.69, 9.17) is 34.8 Å². The van der Waals surface area contributed by atoms with Crippen LogP contribution in [0.1, 0.15) is 18.0 Å². The number of benzene rings is 1. The van der Waals surface area contributed by atoms with Crippen molar-refractivity contribution < 1.29 is 9.67 Å². The van der Waals surface area contributed by atoms with Crippen LogP contribution < -0.4 is 20.1 Å². The molecule has 1 aliphatic rings. The summed E-state index contributed by atoms with van der Waals surface area (Å²) in [5.74, 6) is 0.174. The second kappa shape index (κ2) is 7.22. The molecule has 2 aromatic heterocycles. The minimum atomic E-state index is -0.399. The molecule has 0 radical (unpaired) electrons. The minimum absolute atomic E-state index is 0.0398. The molecule has 0 amide bonds. The Hall–Kier alpha value is -1.80. The Morgan fingerprint density at radius 2 is 1.96 bits per heavy atom. The highest BCUT2D eigenvalue weighted by molar-refractivity contribution is 7.10. The number of thiazole rings is 1. The van der Waals surface area contributed by atoms with Gasteiger partial charge in [0.05, 0.1) is 19.2 Å². The van der Waals surface area contributed by atoms with Crippen LogP contribution in [0.2, 0.25) is 15.2 Å². The summed E-state index contributed by atoms with van der Waals surface area (Å²) < 4.78 is 3.20. The molecule has 3 heterocycles. The monoisotopic (exact) mass is 456 g/mol. The summed E-state index contributed by atoms with van der Waals surface area (Å²) >= 11 is 19.6. The van der Waals surface area contributed by atoms with Gasteiger partial charge in [0.2, 0.25) is 0 Å². The van der Waals surface area contributed by atoms with Gasteiger partial charge in [0.25, 0.3) is 0 Å². The fraction of sp³-hybridized carbons (Fsp3) is 0.278. The van der Waals surface area contributed by atoms with Crippen LogP contribution in [0, 0.1) is 0 Å². The lowest BCUT2D eigenvalue weighted by atomic mass is 10.1. The fourth-order valence-corrected chi connectivity index (χ4v) is 5.15. The third-order valence-electron chi connectivity index (χ3n) is 4.69. The maximum absolute atomic E-state index is 13.5. The summed E-state index contributed by atoms with van der Waals surface area (Å²) in [5, 5.41) is 16.7. The molecule has 146 valence electrons. The number of anilines is 1. The van der Waals surface area contributed by atoms with Crippen molar-refractivity contribution in [2.45, 2.75) is 19.5 Å². The Labute approximate surface area is 180 Å². The Morgan fingerprint density at radius 1 is 1.29 bits per heavy atom. The Bertz CT molecular complexity index is 1120. The highest BCUT2D eigenvalue weighted by Crippen LogP contribution is 2.35. The van der Waals surface area contributed by atoms with E-state index in [1.165, 1.54) is 11.3 Å². The summed E-state index contributed by atoms with van der Waals surface area (Å²) in [5.41, 5.74) is 0.0390. The van der Waals surface area contributed by atoms with Gasteiger partial charge in [0.15, 0.2) is 6.04 Å². The molecule has 4 rings (SSSR count). The van der Waals surface area contributed by atoms with Gasteiger partial charge in [-0.25, -0.2) is 9.55 Å². The average molecular weight is 458 g/mol. The summed E-state index contributed by atoms with van der Waals surface area (Å²) in [6, 6.07) is 4.38. The van der Waals surface area contributed by atoms with E-state index in [-0.39, 0.29) is 17.5 Å². The zero-order chi connectivity index (χ0) is 20.2. The van der Waals surface area contributed by atoms with E-state index in [1.54, 1.807) is 32.7 Å². The first kappa shape index (κ1) is 19.5. The van der Waals surface area contributed by atoms with Crippen LogP contribution in [0.25, 0.3) is 11.1 Å². The summed E-state index contributed by atoms with van der Waals surface area (Å²) in [6.07, 6.45) is 0. The Morgan fingerprint density at radius 3 is 2.54 bits per heavy atom. The van der Waals surface area contributed by atoms with Crippen molar-refractivity contribution >= 4 is 52.1 Å². The fourth-order valence-electron chi connectivity index (χ4n) is 3.59. The summed E-state index contributed by atoms with van der Waals surface area (Å²) in [6.45, 7) is 2.78. The van der Waals surface area contributed by atoms with Crippen molar-refractivity contribution in [3.63, 3.8) is 0 Å². The van der Waals surface area contributed by atoms with E-state index in [0.29, 0.717) is 44.8 Å². The van der Waals surface area contributed by atoms with Crippen molar-refractivity contribution in [2.75, 3.05) is 18.5 Å². The van der Waals surface area contributed by atoms with E-state index < -0.39 is 5.56 Å². The first-order valence-corrected chi connectivity index (χ1v) is 10.5. The van der Waals surface area contributed by atoms with Gasteiger partial charge in [-0.1, -0.05) is 34.8 Å². The number of fused-ring (bicyclic) bond motifs is 1. The maximum Gasteiger partial charge on any atom is 0.362 e. The summed E-state index contributed by atoms with van der Waals surface area (Å²) in [7, 11) is 1.85. The molecule has 1 aliphatic heterocycles. The van der Waals surface area contributed by atoms with E-state index in [2.05, 4.69) is 4.98 Å². The lowest BCUT2D eigenvalue weighted by Crippen LogP contribution is -2.46. The molecule has 1 aromatic carbocycles. The highest BCUT2D eigenvalue weighted by atomic mass is 35.5. The number of likely N-dealkylation sites (N-methyl/N-ethyl adjacent to an activating group) is 1. The largest absolute Gasteiger partial charge is 0.848 e. The second-order valence-corrected chi connectivity index (χ2v) is 8.61. The van der Waals surface area contributed by atoms with Gasteiger partial charge in [-0.15, -0.1) is 11.3 Å². The SMILES string of the molecule is CC[n+]1c([O-])c(-c2cc(Cl)cc(Cl)c2)c(=O)n2c1N(C)CC2c1nc(Cl)cs1. The molecule has 3 aromatic rings. The van der Waals surface area contributed by atoms with Crippen molar-refractivity contribution in [1.29, 1.82) is 0 Å². The molecular weight excluding hydrogens is 443 g/mol. The number of hydrogen-bond acceptors (Lipinski definition) is 5. The van der Waals surface area contributed by atoms with Crippen LogP contribution in [0.5, 0.6) is 5.88 Å². The van der Waals surface area contributed by atoms with Gasteiger partial charge in [0.1, 0.15) is 16.7 Å². The molecule has 1 unspecified atom stereocenters. The Kier molecular flexibility index (Phi) is 5.03. The maximum atomic E-state index is 13.5. The highest BCUT2D eigenvalue weighted by Gasteiger charge is 2.41. The zero-order valence-corrected chi connectivity index (χ0v) is 18.0. The molecule has 6 nitrogen and oxygen atoms in total. The quantitative estimate of drug-likeness (QED) is 0.566. The van der Waals surface area contributed by atoms with Crippen LogP contribution in [-0.4, -0.2) is 23.1 Å². The normalized spacial score (nSPS) is 15.9. The van der Waals surface area contributed by atoms with Crippen LogP contribution in [0.4, 0.5) is 5.95 Å². The van der Waals surface area contributed by atoms with Gasteiger partial charge >= 0.3 is 11.5 Å². The molecule has 0 spiro atoms. The van der Waals surface area contributed by atoms with Crippen LogP contribution >= 0.6 is 46.1 Å². The number of nitrogens with zero attached hydrogens (tertiary/aromatic N) is 4. The van der Waals surface area contributed by atoms with Gasteiger partial charge in [-0.2, -0.15) is 4.57 Å². The first-order valence-electron chi connectivity index (χ1n) is 8.49. The first-order chi connectivity index (χ1) is 13.3. The van der Waals surface area contributed by atoms with Crippen molar-refractivity contribution in [3.8, 4) is 17.0 Å². The molecule has 10 heteroatoms. The van der Waals surface area contributed by atoms with Gasteiger partial charge in [0, 0.05) is 21.3 Å². The predicted molar refractivity (Wildman–Crippen MR) is 110 cm³/mol. The van der Waals surface area contributed by atoms with E-state index >= 15 is 0 Å². The standard InChI is InChI=1S/C18H15Cl3N4O2S/c1-3-24-16(26)14(9-4-10(19)6-11(20)5-9)17(27)25-12(7-23(2)18(24)25)15-22-13(21)8-28-15/h4-6,8,12H,3,7H2,1-2H3. The number of aromatic nitrogens is 3. The third-order valence-corrected chi connectivity index (χ3v) is 6.40. The zero-order valence-electron chi connectivity index (χ0n) is 14.9. The molecule has 0 saturated heterocycles. The van der Waals surface area contributed by atoms with Gasteiger partial charge in [-0.05, 0) is 30.7 Å². The number of hydrogen-bond donors (Lipinski definition) is 0. The van der Waals surface area contributed by atoms with Crippen molar-refractivity contribution in [3.05, 3.63) is 54.1 Å². The molecule has 0 fully saturated rings. The van der Waals surface area contributed by atoms with Crippen LogP contribution in [-0.2, 0) is 6.54 Å². The Balaban J connectivity index is 2.04. The molecular formula is C18H15Cl3N4O2S. The van der Waals surface area contributed by atoms with E-state index in [0.717, 1.165) is 0 Å². The van der Waals surface area contributed by atoms with Crippen molar-refractivity contribution in [1.82, 2.24) is 9.55 Å². The molecule has 1 atom stereocenters. The van der Waals surface area contributed by atoms with E-state index in [9.17, 15) is 9.90 Å². The lowest BCUT2D eigenvalue weighted by molar-refractivity contribution is -0.723. The van der Waals surface area contributed by atoms with Crippen LogP contribution in [0.15, 0.2) is 28.4 Å². The topological polar surface area (TPSA) is 65.1 Å². The predicted octanol–water partition coefficient (Wildman–Crippen LogP) is 3.35. The number of halogens is 3. The van der Waals surface area contributed by atoms with Crippen molar-refractivity contribution in [2.24, 2.45) is 0 Å². The number of rotatable bonds is 3. The molecule has 0 aliphatic carbocycles. The third kappa shape index (κ3) is 3.06. The van der Waals surface area contributed by atoms with Gasteiger partial charge < -0.3 is 5.11 Å². The smallest absolute Gasteiger partial charge is 0.362 e. The van der Waals surface area contributed by atoms with E-state index in [1.807, 2.05) is 18.9 Å². The molecule has 0 saturated carbocycles. The minimum Gasteiger partial charge on any atom is -0.848 e. The second-order valence-electron chi connectivity index (χ2n) is 6.46. The van der Waals surface area contributed by atoms with Crippen LogP contribution in [0.3, 0.4) is 0 Å².